The van der Waals surface area contributed by atoms with Crippen molar-refractivity contribution in [2.45, 2.75) is 52.4 Å². The molecule has 3 heteroatoms. The lowest BCUT2D eigenvalue weighted by Gasteiger charge is -2.04. The molecule has 0 saturated heterocycles. The molecular formula is C16H24N2O. The molecule has 19 heavy (non-hydrogen) atoms. The predicted molar refractivity (Wildman–Crippen MR) is 80.2 cm³/mol. The molecule has 0 aromatic heterocycles. The van der Waals surface area contributed by atoms with Crippen molar-refractivity contribution >= 4 is 11.6 Å². The fourth-order valence-electron chi connectivity index (χ4n) is 1.79. The topological polar surface area (TPSA) is 41.5 Å². The number of hydrogen-bond donors (Lipinski definition) is 1. The minimum absolute atomic E-state index is 0.00805. The zero-order chi connectivity index (χ0) is 13.9. The van der Waals surface area contributed by atoms with Crippen LogP contribution in [0.1, 0.15) is 51.5 Å². The van der Waals surface area contributed by atoms with Crippen molar-refractivity contribution in [3.63, 3.8) is 0 Å². The first kappa shape index (κ1) is 15.4. The quantitative estimate of drug-likeness (QED) is 0.562. The third-order valence-electron chi connectivity index (χ3n) is 3.05. The van der Waals surface area contributed by atoms with Gasteiger partial charge >= 0.3 is 0 Å². The van der Waals surface area contributed by atoms with E-state index >= 15 is 0 Å². The molecule has 0 aliphatic heterocycles. The Morgan fingerprint density at radius 3 is 2.53 bits per heavy atom. The molecule has 1 aromatic rings. The van der Waals surface area contributed by atoms with E-state index in [1.807, 2.05) is 30.3 Å². The number of nitrogens with zero attached hydrogens (tertiary/aromatic N) is 1. The van der Waals surface area contributed by atoms with E-state index in [1.54, 1.807) is 0 Å². The van der Waals surface area contributed by atoms with Crippen molar-refractivity contribution < 1.29 is 4.79 Å². The van der Waals surface area contributed by atoms with Crippen LogP contribution in [0, 0.1) is 0 Å². The average Bonchev–Trinajstić information content (AvgIpc) is 2.46. The van der Waals surface area contributed by atoms with Crippen molar-refractivity contribution in [2.75, 3.05) is 0 Å². The summed E-state index contributed by atoms with van der Waals surface area (Å²) in [7, 11) is 0. The maximum absolute atomic E-state index is 11.7. The van der Waals surface area contributed by atoms with Crippen molar-refractivity contribution in [1.29, 1.82) is 0 Å². The highest BCUT2D eigenvalue weighted by atomic mass is 16.2. The summed E-state index contributed by atoms with van der Waals surface area (Å²) in [5.41, 5.74) is 4.92. The van der Waals surface area contributed by atoms with Gasteiger partial charge in [-0.3, -0.25) is 4.79 Å². The minimum atomic E-state index is -0.00805. The summed E-state index contributed by atoms with van der Waals surface area (Å²) in [6, 6.07) is 10.0. The first-order valence-electron chi connectivity index (χ1n) is 7.14. The van der Waals surface area contributed by atoms with Gasteiger partial charge in [-0.15, -0.1) is 0 Å². The van der Waals surface area contributed by atoms with Crippen molar-refractivity contribution in [3.8, 4) is 0 Å². The number of benzene rings is 1. The normalized spacial score (nSPS) is 11.4. The van der Waals surface area contributed by atoms with Crippen LogP contribution < -0.4 is 5.43 Å². The number of nitrogens with one attached hydrogen (secondary N) is 1. The Morgan fingerprint density at radius 2 is 1.89 bits per heavy atom. The summed E-state index contributed by atoms with van der Waals surface area (Å²) in [5.74, 6) is -0.00805. The second-order valence-corrected chi connectivity index (χ2v) is 4.66. The van der Waals surface area contributed by atoms with Gasteiger partial charge in [-0.05, 0) is 31.2 Å². The molecule has 0 aliphatic carbocycles. The fourth-order valence-corrected chi connectivity index (χ4v) is 1.79. The number of rotatable bonds is 8. The Kier molecular flexibility index (Phi) is 7.56. The molecule has 3 nitrogen and oxygen atoms in total. The number of unbranched alkanes of at least 4 members (excludes halogenated alkanes) is 1. The lowest BCUT2D eigenvalue weighted by Crippen LogP contribution is -2.19. The summed E-state index contributed by atoms with van der Waals surface area (Å²) in [6.45, 7) is 4.23. The van der Waals surface area contributed by atoms with E-state index < -0.39 is 0 Å². The molecule has 0 spiro atoms. The lowest BCUT2D eigenvalue weighted by atomic mass is 10.1. The first-order chi connectivity index (χ1) is 9.26. The average molecular weight is 260 g/mol. The van der Waals surface area contributed by atoms with E-state index in [-0.39, 0.29) is 5.91 Å². The Hall–Kier alpha value is -1.64. The van der Waals surface area contributed by atoms with Crippen LogP contribution in [0.25, 0.3) is 0 Å². The number of hydrazone groups is 1. The number of aryl methyl sites for hydroxylation is 1. The molecule has 1 amide bonds. The largest absolute Gasteiger partial charge is 0.273 e. The zero-order valence-corrected chi connectivity index (χ0v) is 12.0. The molecule has 0 atom stereocenters. The molecule has 0 unspecified atom stereocenters. The maximum atomic E-state index is 11.7. The highest BCUT2D eigenvalue weighted by Gasteiger charge is 2.02. The second-order valence-electron chi connectivity index (χ2n) is 4.66. The molecule has 0 saturated carbocycles. The van der Waals surface area contributed by atoms with Crippen LogP contribution in [0.2, 0.25) is 0 Å². The molecule has 0 bridgehead atoms. The highest BCUT2D eigenvalue weighted by Crippen LogP contribution is 2.03. The molecule has 0 aliphatic rings. The standard InChI is InChI=1S/C16H24N2O/c1-3-5-11-15(4-2)17-18-16(19)13-12-14-9-7-6-8-10-14/h6-10H,3-5,11-13H2,1-2H3,(H,18,19)/b17-15+. The van der Waals surface area contributed by atoms with Gasteiger partial charge in [0, 0.05) is 12.1 Å². The monoisotopic (exact) mass is 260 g/mol. The molecule has 104 valence electrons. The number of amides is 1. The summed E-state index contributed by atoms with van der Waals surface area (Å²) in [6.07, 6.45) is 5.41. The van der Waals surface area contributed by atoms with E-state index in [0.717, 1.165) is 37.8 Å². The highest BCUT2D eigenvalue weighted by molar-refractivity contribution is 5.86. The molecule has 0 fully saturated rings. The van der Waals surface area contributed by atoms with Crippen LogP contribution in [0.5, 0.6) is 0 Å². The summed E-state index contributed by atoms with van der Waals surface area (Å²) < 4.78 is 0. The zero-order valence-electron chi connectivity index (χ0n) is 12.0. The van der Waals surface area contributed by atoms with Crippen molar-refractivity contribution in [3.05, 3.63) is 35.9 Å². The van der Waals surface area contributed by atoms with Gasteiger partial charge in [-0.25, -0.2) is 5.43 Å². The van der Waals surface area contributed by atoms with Crippen LogP contribution in [0.15, 0.2) is 35.4 Å². The van der Waals surface area contributed by atoms with Crippen LogP contribution >= 0.6 is 0 Å². The molecule has 0 heterocycles. The SMILES string of the molecule is CCCC/C(CC)=N/NC(=O)CCc1ccccc1. The Bertz CT molecular complexity index is 398. The molecule has 0 radical (unpaired) electrons. The van der Waals surface area contributed by atoms with Gasteiger partial charge in [0.2, 0.25) is 5.91 Å². The smallest absolute Gasteiger partial charge is 0.240 e. The Labute approximate surface area is 116 Å². The number of carbonyl (C=O) groups is 1. The van der Waals surface area contributed by atoms with Gasteiger partial charge in [-0.2, -0.15) is 5.10 Å². The van der Waals surface area contributed by atoms with Crippen LogP contribution in [-0.2, 0) is 11.2 Å². The second kappa shape index (κ2) is 9.31. The fraction of sp³-hybridized carbons (Fsp3) is 0.500. The van der Waals surface area contributed by atoms with Gasteiger partial charge < -0.3 is 0 Å². The minimum Gasteiger partial charge on any atom is -0.273 e. The number of carbonyl (C=O) groups excluding carboxylic acids is 1. The summed E-state index contributed by atoms with van der Waals surface area (Å²) >= 11 is 0. The predicted octanol–water partition coefficient (Wildman–Crippen LogP) is 3.69. The first-order valence-corrected chi connectivity index (χ1v) is 7.14. The van der Waals surface area contributed by atoms with E-state index in [4.69, 9.17) is 0 Å². The third-order valence-corrected chi connectivity index (χ3v) is 3.05. The lowest BCUT2D eigenvalue weighted by molar-refractivity contribution is -0.121. The third kappa shape index (κ3) is 6.75. The van der Waals surface area contributed by atoms with Gasteiger partial charge in [0.1, 0.15) is 0 Å². The van der Waals surface area contributed by atoms with E-state index in [2.05, 4.69) is 24.4 Å². The van der Waals surface area contributed by atoms with Gasteiger partial charge in [-0.1, -0.05) is 50.6 Å². The Morgan fingerprint density at radius 1 is 1.16 bits per heavy atom. The maximum Gasteiger partial charge on any atom is 0.240 e. The van der Waals surface area contributed by atoms with Crippen LogP contribution in [0.3, 0.4) is 0 Å². The summed E-state index contributed by atoms with van der Waals surface area (Å²) in [4.78, 5) is 11.7. The Balaban J connectivity index is 2.32. The van der Waals surface area contributed by atoms with Crippen LogP contribution in [0.4, 0.5) is 0 Å². The van der Waals surface area contributed by atoms with Gasteiger partial charge in [0.05, 0.1) is 0 Å². The molecule has 1 rings (SSSR count). The van der Waals surface area contributed by atoms with Crippen LogP contribution in [-0.4, -0.2) is 11.6 Å². The van der Waals surface area contributed by atoms with Crippen molar-refractivity contribution in [2.24, 2.45) is 5.10 Å². The molecular weight excluding hydrogens is 236 g/mol. The molecule has 1 N–H and O–H groups in total. The van der Waals surface area contributed by atoms with Gasteiger partial charge in [0.25, 0.3) is 0 Å². The van der Waals surface area contributed by atoms with E-state index in [1.165, 1.54) is 5.56 Å². The number of hydrogen-bond acceptors (Lipinski definition) is 2. The van der Waals surface area contributed by atoms with E-state index in [0.29, 0.717) is 6.42 Å². The summed E-state index contributed by atoms with van der Waals surface area (Å²) in [5, 5.41) is 4.21. The van der Waals surface area contributed by atoms with E-state index in [9.17, 15) is 4.79 Å². The molecule has 1 aromatic carbocycles. The van der Waals surface area contributed by atoms with Crippen molar-refractivity contribution in [1.82, 2.24) is 5.43 Å². The van der Waals surface area contributed by atoms with Gasteiger partial charge in [0.15, 0.2) is 0 Å².